The van der Waals surface area contributed by atoms with Crippen LogP contribution in [0.1, 0.15) is 12.5 Å². The fourth-order valence-corrected chi connectivity index (χ4v) is 1.90. The standard InChI is InChI=1S/C12H11ClN2/c1-2-10-11(5-8-15-12(10)13)9-3-6-14-7-4-9/h3-8H,2H2,1H3. The van der Waals surface area contributed by atoms with Gasteiger partial charge >= 0.3 is 0 Å². The van der Waals surface area contributed by atoms with Crippen LogP contribution in [0, 0.1) is 0 Å². The molecule has 0 N–H and O–H groups in total. The van der Waals surface area contributed by atoms with E-state index in [0.29, 0.717) is 5.15 Å². The van der Waals surface area contributed by atoms with E-state index >= 15 is 0 Å². The van der Waals surface area contributed by atoms with Gasteiger partial charge in [0.2, 0.25) is 0 Å². The van der Waals surface area contributed by atoms with Crippen molar-refractivity contribution in [2.24, 2.45) is 0 Å². The van der Waals surface area contributed by atoms with Gasteiger partial charge in [-0.05, 0) is 41.3 Å². The van der Waals surface area contributed by atoms with Gasteiger partial charge in [-0.3, -0.25) is 4.98 Å². The molecule has 3 heteroatoms. The highest BCUT2D eigenvalue weighted by atomic mass is 35.5. The summed E-state index contributed by atoms with van der Waals surface area (Å²) in [6.45, 7) is 2.08. The summed E-state index contributed by atoms with van der Waals surface area (Å²) in [5.41, 5.74) is 3.36. The van der Waals surface area contributed by atoms with Crippen LogP contribution >= 0.6 is 11.6 Å². The summed E-state index contributed by atoms with van der Waals surface area (Å²) in [6.07, 6.45) is 6.17. The Kier molecular flexibility index (Phi) is 2.97. The highest BCUT2D eigenvalue weighted by molar-refractivity contribution is 6.30. The molecule has 0 atom stereocenters. The summed E-state index contributed by atoms with van der Waals surface area (Å²) < 4.78 is 0. The molecule has 0 bridgehead atoms. The van der Waals surface area contributed by atoms with Crippen molar-refractivity contribution in [1.82, 2.24) is 9.97 Å². The fourth-order valence-electron chi connectivity index (χ4n) is 1.61. The third kappa shape index (κ3) is 2.00. The lowest BCUT2D eigenvalue weighted by molar-refractivity contribution is 1.11. The number of aromatic nitrogens is 2. The van der Waals surface area contributed by atoms with Gasteiger partial charge < -0.3 is 0 Å². The van der Waals surface area contributed by atoms with Crippen molar-refractivity contribution in [2.75, 3.05) is 0 Å². The van der Waals surface area contributed by atoms with E-state index in [4.69, 9.17) is 11.6 Å². The molecule has 2 heterocycles. The fraction of sp³-hybridized carbons (Fsp3) is 0.167. The van der Waals surface area contributed by atoms with Crippen molar-refractivity contribution >= 4 is 11.6 Å². The maximum Gasteiger partial charge on any atom is 0.132 e. The summed E-state index contributed by atoms with van der Waals surface area (Å²) in [7, 11) is 0. The Morgan fingerprint density at radius 2 is 1.87 bits per heavy atom. The Morgan fingerprint density at radius 3 is 2.53 bits per heavy atom. The Hall–Kier alpha value is -1.41. The SMILES string of the molecule is CCc1c(-c2ccncc2)ccnc1Cl. The molecular formula is C12H11ClN2. The van der Waals surface area contributed by atoms with Crippen molar-refractivity contribution in [3.63, 3.8) is 0 Å². The minimum absolute atomic E-state index is 0.590. The first kappa shape index (κ1) is 10.1. The topological polar surface area (TPSA) is 25.8 Å². The van der Waals surface area contributed by atoms with E-state index in [1.54, 1.807) is 18.6 Å². The lowest BCUT2D eigenvalue weighted by Crippen LogP contribution is -1.91. The second-order valence-corrected chi connectivity index (χ2v) is 3.58. The van der Waals surface area contributed by atoms with Gasteiger partial charge in [0, 0.05) is 18.6 Å². The summed E-state index contributed by atoms with van der Waals surface area (Å²) in [6, 6.07) is 5.94. The highest BCUT2D eigenvalue weighted by Gasteiger charge is 2.07. The van der Waals surface area contributed by atoms with E-state index in [-0.39, 0.29) is 0 Å². The summed E-state index contributed by atoms with van der Waals surface area (Å²) >= 11 is 6.05. The third-order valence-electron chi connectivity index (χ3n) is 2.35. The molecule has 0 fully saturated rings. The quantitative estimate of drug-likeness (QED) is 0.723. The lowest BCUT2D eigenvalue weighted by Gasteiger charge is -2.08. The van der Waals surface area contributed by atoms with E-state index in [2.05, 4.69) is 16.9 Å². The molecule has 0 aliphatic heterocycles. The van der Waals surface area contributed by atoms with Crippen LogP contribution in [0.4, 0.5) is 0 Å². The Morgan fingerprint density at radius 1 is 1.13 bits per heavy atom. The zero-order chi connectivity index (χ0) is 10.7. The molecule has 0 radical (unpaired) electrons. The zero-order valence-electron chi connectivity index (χ0n) is 8.44. The van der Waals surface area contributed by atoms with Crippen LogP contribution in [0.2, 0.25) is 5.15 Å². The molecule has 0 saturated carbocycles. The molecule has 0 saturated heterocycles. The molecule has 2 aromatic rings. The van der Waals surface area contributed by atoms with E-state index in [1.165, 1.54) is 0 Å². The Balaban J connectivity index is 2.58. The van der Waals surface area contributed by atoms with Crippen molar-refractivity contribution in [2.45, 2.75) is 13.3 Å². The van der Waals surface area contributed by atoms with E-state index in [1.807, 2.05) is 18.2 Å². The molecule has 2 rings (SSSR count). The van der Waals surface area contributed by atoms with E-state index in [9.17, 15) is 0 Å². The molecule has 2 nitrogen and oxygen atoms in total. The third-order valence-corrected chi connectivity index (χ3v) is 2.67. The van der Waals surface area contributed by atoms with Crippen molar-refractivity contribution in [1.29, 1.82) is 0 Å². The predicted octanol–water partition coefficient (Wildman–Crippen LogP) is 3.36. The molecule has 0 aromatic carbocycles. The highest BCUT2D eigenvalue weighted by Crippen LogP contribution is 2.27. The Labute approximate surface area is 94.0 Å². The van der Waals surface area contributed by atoms with E-state index in [0.717, 1.165) is 23.1 Å². The van der Waals surface area contributed by atoms with Gasteiger partial charge in [0.25, 0.3) is 0 Å². The summed E-state index contributed by atoms with van der Waals surface area (Å²) in [4.78, 5) is 8.09. The number of nitrogens with zero attached hydrogens (tertiary/aromatic N) is 2. The molecule has 15 heavy (non-hydrogen) atoms. The van der Waals surface area contributed by atoms with Crippen molar-refractivity contribution in [3.8, 4) is 11.1 Å². The van der Waals surface area contributed by atoms with Crippen LogP contribution in [0.15, 0.2) is 36.8 Å². The molecule has 0 amide bonds. The smallest absolute Gasteiger partial charge is 0.132 e. The second kappa shape index (κ2) is 4.41. The monoisotopic (exact) mass is 218 g/mol. The Bertz CT molecular complexity index is 454. The van der Waals surface area contributed by atoms with Gasteiger partial charge in [0.05, 0.1) is 0 Å². The number of pyridine rings is 2. The molecule has 0 spiro atoms. The number of halogens is 1. The summed E-state index contributed by atoms with van der Waals surface area (Å²) in [5.74, 6) is 0. The molecule has 76 valence electrons. The average molecular weight is 219 g/mol. The minimum atomic E-state index is 0.590. The van der Waals surface area contributed by atoms with Gasteiger partial charge in [-0.1, -0.05) is 18.5 Å². The first-order valence-corrected chi connectivity index (χ1v) is 5.24. The maximum atomic E-state index is 6.05. The van der Waals surface area contributed by atoms with Crippen LogP contribution in [0.3, 0.4) is 0 Å². The van der Waals surface area contributed by atoms with Crippen LogP contribution < -0.4 is 0 Å². The minimum Gasteiger partial charge on any atom is -0.265 e. The van der Waals surface area contributed by atoms with Crippen LogP contribution in [-0.2, 0) is 6.42 Å². The zero-order valence-corrected chi connectivity index (χ0v) is 9.20. The number of hydrogen-bond donors (Lipinski definition) is 0. The average Bonchev–Trinajstić information content (AvgIpc) is 2.30. The normalized spacial score (nSPS) is 10.3. The van der Waals surface area contributed by atoms with Crippen LogP contribution in [0.25, 0.3) is 11.1 Å². The first-order valence-electron chi connectivity index (χ1n) is 4.86. The summed E-state index contributed by atoms with van der Waals surface area (Å²) in [5, 5.41) is 0.590. The van der Waals surface area contributed by atoms with Crippen molar-refractivity contribution in [3.05, 3.63) is 47.5 Å². The molecule has 2 aromatic heterocycles. The van der Waals surface area contributed by atoms with Gasteiger partial charge in [0.15, 0.2) is 0 Å². The van der Waals surface area contributed by atoms with Crippen molar-refractivity contribution < 1.29 is 0 Å². The first-order chi connectivity index (χ1) is 7.33. The maximum absolute atomic E-state index is 6.05. The number of hydrogen-bond acceptors (Lipinski definition) is 2. The van der Waals surface area contributed by atoms with Gasteiger partial charge in [0.1, 0.15) is 5.15 Å². The van der Waals surface area contributed by atoms with E-state index < -0.39 is 0 Å². The number of rotatable bonds is 2. The van der Waals surface area contributed by atoms with Crippen LogP contribution in [0.5, 0.6) is 0 Å². The van der Waals surface area contributed by atoms with Crippen LogP contribution in [-0.4, -0.2) is 9.97 Å². The van der Waals surface area contributed by atoms with Gasteiger partial charge in [-0.25, -0.2) is 4.98 Å². The van der Waals surface area contributed by atoms with Gasteiger partial charge in [-0.2, -0.15) is 0 Å². The molecule has 0 unspecified atom stereocenters. The largest absolute Gasteiger partial charge is 0.265 e. The predicted molar refractivity (Wildman–Crippen MR) is 61.9 cm³/mol. The molecule has 0 aliphatic carbocycles. The second-order valence-electron chi connectivity index (χ2n) is 3.22. The molecule has 0 aliphatic rings. The lowest BCUT2D eigenvalue weighted by atomic mass is 10.0. The van der Waals surface area contributed by atoms with Gasteiger partial charge in [-0.15, -0.1) is 0 Å². The molecular weight excluding hydrogens is 208 g/mol.